The van der Waals surface area contributed by atoms with E-state index in [1.807, 2.05) is 12.1 Å². The summed E-state index contributed by atoms with van der Waals surface area (Å²) < 4.78 is 10.7. The summed E-state index contributed by atoms with van der Waals surface area (Å²) in [5.74, 6) is 0.982. The molecule has 0 N–H and O–H groups in total. The van der Waals surface area contributed by atoms with Crippen LogP contribution in [0.15, 0.2) is 42.5 Å². The van der Waals surface area contributed by atoms with Crippen molar-refractivity contribution >= 4 is 28.9 Å². The second-order valence-electron chi connectivity index (χ2n) is 4.34. The minimum absolute atomic E-state index is 0.167. The number of ether oxygens (including phenoxy) is 2. The average Bonchev–Trinajstić information content (AvgIpc) is 2.48. The number of para-hydroxylation sites is 2. The Morgan fingerprint density at radius 1 is 1.00 bits per heavy atom. The van der Waals surface area contributed by atoms with Crippen LogP contribution < -0.4 is 14.4 Å². The maximum atomic E-state index is 12.2. The van der Waals surface area contributed by atoms with Gasteiger partial charge in [0.25, 0.3) is 0 Å². The Labute approximate surface area is 128 Å². The third-order valence-corrected chi connectivity index (χ3v) is 3.26. The summed E-state index contributed by atoms with van der Waals surface area (Å²) in [6.07, 6.45) is 0. The van der Waals surface area contributed by atoms with Crippen LogP contribution in [0, 0.1) is 0 Å². The highest BCUT2D eigenvalue weighted by Gasteiger charge is 2.21. The highest BCUT2D eigenvalue weighted by molar-refractivity contribution is 6.31. The van der Waals surface area contributed by atoms with Crippen LogP contribution in [0.1, 0.15) is 6.92 Å². The summed E-state index contributed by atoms with van der Waals surface area (Å²) >= 11 is 6.06. The second kappa shape index (κ2) is 6.50. The number of hydrogen-bond acceptors (Lipinski definition) is 3. The van der Waals surface area contributed by atoms with E-state index in [9.17, 15) is 4.79 Å². The highest BCUT2D eigenvalue weighted by atomic mass is 35.5. The molecule has 0 aliphatic rings. The van der Waals surface area contributed by atoms with Crippen molar-refractivity contribution in [2.24, 2.45) is 0 Å². The smallest absolute Gasteiger partial charge is 0.228 e. The molecule has 0 atom stereocenters. The lowest BCUT2D eigenvalue weighted by atomic mass is 10.2. The number of halogens is 1. The molecule has 0 radical (unpaired) electrons. The van der Waals surface area contributed by atoms with Crippen molar-refractivity contribution in [1.82, 2.24) is 0 Å². The lowest BCUT2D eigenvalue weighted by molar-refractivity contribution is -0.115. The number of hydrogen-bond donors (Lipinski definition) is 0. The van der Waals surface area contributed by atoms with Gasteiger partial charge < -0.3 is 9.47 Å². The molecule has 2 aromatic carbocycles. The number of rotatable bonds is 4. The van der Waals surface area contributed by atoms with E-state index in [4.69, 9.17) is 21.1 Å². The van der Waals surface area contributed by atoms with E-state index in [-0.39, 0.29) is 5.91 Å². The Kier molecular flexibility index (Phi) is 4.70. The summed E-state index contributed by atoms with van der Waals surface area (Å²) in [4.78, 5) is 13.7. The molecular formula is C16H16ClNO3. The van der Waals surface area contributed by atoms with Gasteiger partial charge in [0, 0.05) is 11.9 Å². The molecule has 0 bridgehead atoms. The first-order valence-electron chi connectivity index (χ1n) is 6.35. The molecule has 0 aromatic heterocycles. The molecule has 0 aliphatic heterocycles. The van der Waals surface area contributed by atoms with Crippen molar-refractivity contribution in [1.29, 1.82) is 0 Å². The van der Waals surface area contributed by atoms with Crippen LogP contribution in [-0.4, -0.2) is 20.1 Å². The molecule has 0 spiro atoms. The van der Waals surface area contributed by atoms with Crippen molar-refractivity contribution in [2.45, 2.75) is 6.92 Å². The first-order valence-corrected chi connectivity index (χ1v) is 6.73. The summed E-state index contributed by atoms with van der Waals surface area (Å²) in [7, 11) is 3.11. The zero-order chi connectivity index (χ0) is 15.4. The number of nitrogens with zero attached hydrogens (tertiary/aromatic N) is 1. The Morgan fingerprint density at radius 3 is 2.24 bits per heavy atom. The minimum Gasteiger partial charge on any atom is -0.495 e. The molecule has 2 aromatic rings. The molecule has 0 unspecified atom stereocenters. The number of methoxy groups -OCH3 is 2. The molecule has 4 nitrogen and oxygen atoms in total. The van der Waals surface area contributed by atoms with Gasteiger partial charge in [-0.25, -0.2) is 0 Å². The molecule has 0 saturated carbocycles. The summed E-state index contributed by atoms with van der Waals surface area (Å²) in [6, 6.07) is 12.4. The Hall–Kier alpha value is -2.20. The zero-order valence-electron chi connectivity index (χ0n) is 12.1. The van der Waals surface area contributed by atoms with E-state index in [1.165, 1.54) is 11.8 Å². The van der Waals surface area contributed by atoms with Crippen molar-refractivity contribution in [3.05, 3.63) is 47.5 Å². The molecule has 110 valence electrons. The van der Waals surface area contributed by atoms with E-state index in [0.717, 1.165) is 0 Å². The summed E-state index contributed by atoms with van der Waals surface area (Å²) in [5, 5.41) is 0.520. The van der Waals surface area contributed by atoms with Gasteiger partial charge in [-0.1, -0.05) is 23.7 Å². The fourth-order valence-corrected chi connectivity index (χ4v) is 2.29. The molecule has 2 rings (SSSR count). The van der Waals surface area contributed by atoms with Gasteiger partial charge in [-0.2, -0.15) is 0 Å². The van der Waals surface area contributed by atoms with E-state index in [1.54, 1.807) is 44.6 Å². The number of amides is 1. The monoisotopic (exact) mass is 305 g/mol. The fourth-order valence-electron chi connectivity index (χ4n) is 2.12. The van der Waals surface area contributed by atoms with Gasteiger partial charge in [0.15, 0.2) is 0 Å². The quantitative estimate of drug-likeness (QED) is 0.855. The van der Waals surface area contributed by atoms with Crippen molar-refractivity contribution in [3.8, 4) is 11.5 Å². The normalized spacial score (nSPS) is 10.1. The van der Waals surface area contributed by atoms with Crippen LogP contribution >= 0.6 is 11.6 Å². The van der Waals surface area contributed by atoms with Crippen molar-refractivity contribution in [2.75, 3.05) is 19.1 Å². The summed E-state index contributed by atoms with van der Waals surface area (Å²) in [5.41, 5.74) is 1.20. The predicted octanol–water partition coefficient (Wildman–Crippen LogP) is 4.04. The molecule has 0 heterocycles. The van der Waals surface area contributed by atoms with E-state index < -0.39 is 0 Å². The second-order valence-corrected chi connectivity index (χ2v) is 4.78. The lowest BCUT2D eigenvalue weighted by Gasteiger charge is -2.25. The lowest BCUT2D eigenvalue weighted by Crippen LogP contribution is -2.23. The van der Waals surface area contributed by atoms with Gasteiger partial charge in [-0.3, -0.25) is 9.69 Å². The van der Waals surface area contributed by atoms with E-state index >= 15 is 0 Å². The van der Waals surface area contributed by atoms with Crippen LogP contribution in [0.25, 0.3) is 0 Å². The molecule has 0 fully saturated rings. The van der Waals surface area contributed by atoms with Gasteiger partial charge in [-0.05, 0) is 30.3 Å². The highest BCUT2D eigenvalue weighted by Crippen LogP contribution is 2.39. The van der Waals surface area contributed by atoms with Crippen molar-refractivity contribution < 1.29 is 14.3 Å². The molecule has 0 aliphatic carbocycles. The van der Waals surface area contributed by atoms with Gasteiger partial charge in [0.05, 0.1) is 25.6 Å². The van der Waals surface area contributed by atoms with Gasteiger partial charge in [-0.15, -0.1) is 0 Å². The topological polar surface area (TPSA) is 38.8 Å². The third kappa shape index (κ3) is 3.11. The Bertz CT molecular complexity index is 658. The van der Waals surface area contributed by atoms with Gasteiger partial charge in [0.2, 0.25) is 5.91 Å². The molecule has 0 saturated heterocycles. The van der Waals surface area contributed by atoms with Crippen LogP contribution in [-0.2, 0) is 4.79 Å². The minimum atomic E-state index is -0.167. The third-order valence-electron chi connectivity index (χ3n) is 3.02. The number of anilines is 2. The van der Waals surface area contributed by atoms with Gasteiger partial charge >= 0.3 is 0 Å². The standard InChI is InChI=1S/C16H16ClNO3/c1-11(19)18(13-6-4-5-7-15(13)20-2)14-10-12(17)8-9-16(14)21-3/h4-10H,1-3H3. The van der Waals surface area contributed by atoms with Gasteiger partial charge in [0.1, 0.15) is 11.5 Å². The largest absolute Gasteiger partial charge is 0.495 e. The number of benzene rings is 2. The first-order chi connectivity index (χ1) is 10.1. The first kappa shape index (κ1) is 15.2. The SMILES string of the molecule is COc1ccccc1N(C(C)=O)c1cc(Cl)ccc1OC. The van der Waals surface area contributed by atoms with Crippen molar-refractivity contribution in [3.63, 3.8) is 0 Å². The molecule has 5 heteroatoms. The van der Waals surface area contributed by atoms with Crippen LogP contribution in [0.5, 0.6) is 11.5 Å². The predicted molar refractivity (Wildman–Crippen MR) is 83.8 cm³/mol. The van der Waals surface area contributed by atoms with Crippen LogP contribution in [0.2, 0.25) is 5.02 Å². The average molecular weight is 306 g/mol. The summed E-state index contributed by atoms with van der Waals surface area (Å²) in [6.45, 7) is 1.48. The maximum absolute atomic E-state index is 12.2. The Balaban J connectivity index is 2.65. The number of carbonyl (C=O) groups excluding carboxylic acids is 1. The van der Waals surface area contributed by atoms with Crippen LogP contribution in [0.3, 0.4) is 0 Å². The van der Waals surface area contributed by atoms with E-state index in [0.29, 0.717) is 27.9 Å². The number of carbonyl (C=O) groups is 1. The van der Waals surface area contributed by atoms with Crippen LogP contribution in [0.4, 0.5) is 11.4 Å². The fraction of sp³-hybridized carbons (Fsp3) is 0.188. The molecule has 21 heavy (non-hydrogen) atoms. The zero-order valence-corrected chi connectivity index (χ0v) is 12.8. The molecule has 1 amide bonds. The maximum Gasteiger partial charge on any atom is 0.228 e. The Morgan fingerprint density at radius 2 is 1.62 bits per heavy atom. The van der Waals surface area contributed by atoms with E-state index in [2.05, 4.69) is 0 Å². The molecular weight excluding hydrogens is 290 g/mol.